The van der Waals surface area contributed by atoms with Crippen molar-refractivity contribution in [3.05, 3.63) is 54.1 Å². The zero-order chi connectivity index (χ0) is 15.9. The molecule has 1 atom stereocenters. The highest BCUT2D eigenvalue weighted by atomic mass is 32.2. The molecular formula is C15H16FN3O2S. The molecule has 0 spiro atoms. The molecule has 0 unspecified atom stereocenters. The van der Waals surface area contributed by atoms with E-state index in [1.807, 2.05) is 18.2 Å². The van der Waals surface area contributed by atoms with Crippen molar-refractivity contribution in [3.8, 4) is 0 Å². The van der Waals surface area contributed by atoms with Crippen LogP contribution in [0.2, 0.25) is 0 Å². The van der Waals surface area contributed by atoms with Gasteiger partial charge in [-0.1, -0.05) is 6.07 Å². The molecule has 1 aromatic heterocycles. The second-order valence-corrected chi connectivity index (χ2v) is 5.90. The molecule has 7 heteroatoms. The number of hydrogen-bond donors (Lipinski definition) is 2. The maximum absolute atomic E-state index is 13.7. The van der Waals surface area contributed by atoms with Crippen LogP contribution in [-0.2, 0) is 17.2 Å². The number of urea groups is 1. The lowest BCUT2D eigenvalue weighted by Crippen LogP contribution is -2.30. The zero-order valence-corrected chi connectivity index (χ0v) is 12.8. The summed E-state index contributed by atoms with van der Waals surface area (Å²) in [5, 5.41) is 5.19. The second-order valence-electron chi connectivity index (χ2n) is 4.55. The Morgan fingerprint density at radius 3 is 2.77 bits per heavy atom. The van der Waals surface area contributed by atoms with E-state index in [-0.39, 0.29) is 4.90 Å². The summed E-state index contributed by atoms with van der Waals surface area (Å²) in [6, 6.07) is 9.21. The van der Waals surface area contributed by atoms with Crippen LogP contribution in [0.5, 0.6) is 0 Å². The van der Waals surface area contributed by atoms with Crippen molar-refractivity contribution in [2.45, 2.75) is 11.3 Å². The van der Waals surface area contributed by atoms with Crippen molar-refractivity contribution in [2.24, 2.45) is 0 Å². The molecule has 0 saturated heterocycles. The fourth-order valence-electron chi connectivity index (χ4n) is 1.84. The summed E-state index contributed by atoms with van der Waals surface area (Å²) in [5.74, 6) is -0.605. The van der Waals surface area contributed by atoms with E-state index in [9.17, 15) is 13.4 Å². The minimum atomic E-state index is -1.40. The van der Waals surface area contributed by atoms with Gasteiger partial charge in [-0.3, -0.25) is 9.19 Å². The van der Waals surface area contributed by atoms with Crippen LogP contribution in [0, 0.1) is 5.82 Å². The molecule has 5 nitrogen and oxygen atoms in total. The first kappa shape index (κ1) is 16.1. The number of nitrogens with zero attached hydrogens (tertiary/aromatic N) is 1. The predicted molar refractivity (Wildman–Crippen MR) is 83.7 cm³/mol. The Hall–Kier alpha value is -2.28. The monoisotopic (exact) mass is 321 g/mol. The molecule has 2 N–H and O–H groups in total. The predicted octanol–water partition coefficient (Wildman–Crippen LogP) is 2.32. The van der Waals surface area contributed by atoms with E-state index in [0.29, 0.717) is 18.7 Å². The number of anilines is 1. The van der Waals surface area contributed by atoms with Crippen molar-refractivity contribution < 1.29 is 13.4 Å². The minimum absolute atomic E-state index is 0.112. The number of rotatable bonds is 5. The number of nitrogens with one attached hydrogen (secondary N) is 2. The molecule has 1 aromatic carbocycles. The Kier molecular flexibility index (Phi) is 5.60. The highest BCUT2D eigenvalue weighted by Crippen LogP contribution is 2.16. The lowest BCUT2D eigenvalue weighted by Gasteiger charge is -2.08. The third-order valence-electron chi connectivity index (χ3n) is 2.89. The Balaban J connectivity index is 1.84. The molecule has 0 aliphatic heterocycles. The molecule has 116 valence electrons. The molecule has 1 heterocycles. The van der Waals surface area contributed by atoms with Gasteiger partial charge >= 0.3 is 6.03 Å². The van der Waals surface area contributed by atoms with E-state index < -0.39 is 22.6 Å². The molecule has 22 heavy (non-hydrogen) atoms. The van der Waals surface area contributed by atoms with Gasteiger partial charge in [-0.15, -0.1) is 0 Å². The van der Waals surface area contributed by atoms with Gasteiger partial charge in [0.25, 0.3) is 0 Å². The normalized spacial score (nSPS) is 11.7. The molecule has 0 fully saturated rings. The topological polar surface area (TPSA) is 71.1 Å². The quantitative estimate of drug-likeness (QED) is 0.888. The Morgan fingerprint density at radius 2 is 2.14 bits per heavy atom. The van der Waals surface area contributed by atoms with Crippen molar-refractivity contribution >= 4 is 22.5 Å². The van der Waals surface area contributed by atoms with Crippen LogP contribution in [0.25, 0.3) is 0 Å². The first-order valence-electron chi connectivity index (χ1n) is 6.64. The number of benzene rings is 1. The van der Waals surface area contributed by atoms with Crippen molar-refractivity contribution in [1.29, 1.82) is 0 Å². The molecule has 0 bridgehead atoms. The number of pyridine rings is 1. The number of amides is 2. The molecule has 0 saturated carbocycles. The summed E-state index contributed by atoms with van der Waals surface area (Å²) in [6.07, 6.45) is 3.70. The summed E-state index contributed by atoms with van der Waals surface area (Å²) in [4.78, 5) is 16.0. The lowest BCUT2D eigenvalue weighted by atomic mass is 10.3. The number of hydrogen-bond acceptors (Lipinski definition) is 3. The van der Waals surface area contributed by atoms with Gasteiger partial charge in [-0.25, -0.2) is 9.18 Å². The summed E-state index contributed by atoms with van der Waals surface area (Å²) in [6.45, 7) is 0.419. The van der Waals surface area contributed by atoms with Crippen LogP contribution in [0.15, 0.2) is 47.5 Å². The van der Waals surface area contributed by atoms with Crippen LogP contribution in [-0.4, -0.2) is 28.0 Å². The van der Waals surface area contributed by atoms with Crippen LogP contribution >= 0.6 is 0 Å². The number of carbonyl (C=O) groups excluding carboxylic acids is 1. The van der Waals surface area contributed by atoms with Crippen molar-refractivity contribution in [1.82, 2.24) is 10.3 Å². The summed E-state index contributed by atoms with van der Waals surface area (Å²) in [7, 11) is -1.40. The van der Waals surface area contributed by atoms with Gasteiger partial charge in [0.15, 0.2) is 0 Å². The Bertz CT molecular complexity index is 680. The third kappa shape index (κ3) is 4.63. The van der Waals surface area contributed by atoms with Gasteiger partial charge in [0, 0.05) is 36.8 Å². The van der Waals surface area contributed by atoms with Crippen LogP contribution in [0.1, 0.15) is 5.69 Å². The van der Waals surface area contributed by atoms with E-state index in [4.69, 9.17) is 0 Å². The first-order valence-corrected chi connectivity index (χ1v) is 8.20. The molecule has 0 aliphatic rings. The third-order valence-corrected chi connectivity index (χ3v) is 3.84. The number of halogens is 1. The molecule has 0 radical (unpaired) electrons. The standard InChI is InChI=1S/C15H16FN3O2S/c1-22(21)14-6-5-12(10-13(14)16)19-15(20)18-9-7-11-4-2-3-8-17-11/h2-6,8,10H,7,9H2,1H3,(H2,18,19,20)/t22-/m1/s1. The summed E-state index contributed by atoms with van der Waals surface area (Å²) >= 11 is 0. The maximum atomic E-state index is 13.7. The SMILES string of the molecule is C[S@@](=O)c1ccc(NC(=O)NCCc2ccccn2)cc1F. The van der Waals surface area contributed by atoms with Crippen LogP contribution < -0.4 is 10.6 Å². The highest BCUT2D eigenvalue weighted by molar-refractivity contribution is 7.84. The van der Waals surface area contributed by atoms with Gasteiger partial charge < -0.3 is 10.6 Å². The lowest BCUT2D eigenvalue weighted by molar-refractivity contribution is 0.252. The molecule has 2 amide bonds. The maximum Gasteiger partial charge on any atom is 0.319 e. The largest absolute Gasteiger partial charge is 0.337 e. The van der Waals surface area contributed by atoms with Gasteiger partial charge in [0.1, 0.15) is 5.82 Å². The molecule has 2 aromatic rings. The van der Waals surface area contributed by atoms with E-state index in [0.717, 1.165) is 11.8 Å². The fraction of sp³-hybridized carbons (Fsp3) is 0.200. The van der Waals surface area contributed by atoms with Gasteiger partial charge in [-0.05, 0) is 30.3 Å². The van der Waals surface area contributed by atoms with Crippen LogP contribution in [0.3, 0.4) is 0 Å². The van der Waals surface area contributed by atoms with Crippen molar-refractivity contribution in [3.63, 3.8) is 0 Å². The fourth-order valence-corrected chi connectivity index (χ4v) is 2.43. The second kappa shape index (κ2) is 7.65. The van der Waals surface area contributed by atoms with E-state index in [2.05, 4.69) is 15.6 Å². The number of aromatic nitrogens is 1. The van der Waals surface area contributed by atoms with E-state index in [1.165, 1.54) is 18.4 Å². The first-order chi connectivity index (χ1) is 10.6. The smallest absolute Gasteiger partial charge is 0.319 e. The summed E-state index contributed by atoms with van der Waals surface area (Å²) < 4.78 is 24.9. The molecule has 2 rings (SSSR count). The molecular weight excluding hydrogens is 305 g/mol. The highest BCUT2D eigenvalue weighted by Gasteiger charge is 2.08. The van der Waals surface area contributed by atoms with Crippen LogP contribution in [0.4, 0.5) is 14.9 Å². The summed E-state index contributed by atoms with van der Waals surface area (Å²) in [5.41, 5.74) is 1.19. The van der Waals surface area contributed by atoms with Crippen molar-refractivity contribution in [2.75, 3.05) is 18.1 Å². The van der Waals surface area contributed by atoms with Gasteiger partial charge in [0.05, 0.1) is 15.7 Å². The Morgan fingerprint density at radius 1 is 1.32 bits per heavy atom. The zero-order valence-electron chi connectivity index (χ0n) is 12.0. The average molecular weight is 321 g/mol. The molecule has 0 aliphatic carbocycles. The van der Waals surface area contributed by atoms with E-state index >= 15 is 0 Å². The van der Waals surface area contributed by atoms with E-state index in [1.54, 1.807) is 6.20 Å². The van der Waals surface area contributed by atoms with Gasteiger partial charge in [-0.2, -0.15) is 0 Å². The average Bonchev–Trinajstić information content (AvgIpc) is 2.48. The minimum Gasteiger partial charge on any atom is -0.337 e. The number of carbonyl (C=O) groups is 1. The Labute approximate surface area is 130 Å². The van der Waals surface area contributed by atoms with Gasteiger partial charge in [0.2, 0.25) is 0 Å².